The third-order valence-electron chi connectivity index (χ3n) is 15.2. The van der Waals surface area contributed by atoms with E-state index in [1.807, 2.05) is 51.2 Å². The number of hydrogen-bond acceptors (Lipinski definition) is 14. The van der Waals surface area contributed by atoms with E-state index in [9.17, 15) is 38.8 Å². The van der Waals surface area contributed by atoms with Crippen molar-refractivity contribution in [1.82, 2.24) is 4.90 Å². The summed E-state index contributed by atoms with van der Waals surface area (Å²) in [6.45, 7) is 12.6. The lowest BCUT2D eigenvalue weighted by Crippen LogP contribution is -2.65. The van der Waals surface area contributed by atoms with E-state index in [-0.39, 0.29) is 53.6 Å². The number of fused-ring (bicyclic) bond motifs is 3. The molecule has 16 heteroatoms. The summed E-state index contributed by atoms with van der Waals surface area (Å²) in [6, 6.07) is -1.12. The maximum absolute atomic E-state index is 14.5. The number of Topliss-reactive ketones (excluding diaryl/α,β-unsaturated/α-hetero) is 3. The molecule has 1 saturated carbocycles. The van der Waals surface area contributed by atoms with E-state index in [2.05, 4.69) is 0 Å². The fourth-order valence-corrected chi connectivity index (χ4v) is 14.4. The number of amides is 1. The van der Waals surface area contributed by atoms with Crippen LogP contribution in [0.25, 0.3) is 0 Å². The number of piperidine rings is 1. The van der Waals surface area contributed by atoms with E-state index in [4.69, 9.17) is 23.7 Å². The third-order valence-corrected chi connectivity index (χ3v) is 18.3. The number of aliphatic hydroxyl groups excluding tert-OH is 1. The van der Waals surface area contributed by atoms with Gasteiger partial charge in [0.1, 0.15) is 37.1 Å². The molecular formula is C51H78NO13PS. The lowest BCUT2D eigenvalue weighted by Gasteiger charge is -2.50. The predicted octanol–water partition coefficient (Wildman–Crippen LogP) is 7.25. The van der Waals surface area contributed by atoms with Crippen LogP contribution in [0.1, 0.15) is 112 Å². The first kappa shape index (κ1) is 55.2. The highest BCUT2D eigenvalue weighted by molar-refractivity contribution is 8.51. The van der Waals surface area contributed by atoms with Gasteiger partial charge in [0.25, 0.3) is 11.7 Å². The smallest absolute Gasteiger partial charge is 0.329 e. The van der Waals surface area contributed by atoms with E-state index in [0.29, 0.717) is 56.9 Å². The van der Waals surface area contributed by atoms with Crippen LogP contribution in [-0.4, -0.2) is 133 Å². The summed E-state index contributed by atoms with van der Waals surface area (Å²) < 4.78 is 42.1. The lowest BCUT2D eigenvalue weighted by atomic mass is 9.68. The van der Waals surface area contributed by atoms with Crippen molar-refractivity contribution >= 4 is 47.6 Å². The summed E-state index contributed by atoms with van der Waals surface area (Å²) in [6.07, 6.45) is 12.2. The van der Waals surface area contributed by atoms with E-state index in [1.54, 1.807) is 47.7 Å². The molecule has 2 N–H and O–H groups in total. The lowest BCUT2D eigenvalue weighted by molar-refractivity contribution is -0.266. The average Bonchev–Trinajstić information content (AvgIpc) is 3.29. The fourth-order valence-electron chi connectivity index (χ4n) is 11.3. The number of esters is 1. The minimum Gasteiger partial charge on any atom is -0.460 e. The number of carbonyl (C=O) groups excluding carboxylic acids is 5. The van der Waals surface area contributed by atoms with Crippen LogP contribution in [0.5, 0.6) is 0 Å². The second-order valence-electron chi connectivity index (χ2n) is 20.1. The second-order valence-corrected chi connectivity index (χ2v) is 24.4. The van der Waals surface area contributed by atoms with Crippen LogP contribution < -0.4 is 0 Å². The Balaban J connectivity index is 1.51. The number of methoxy groups -OCH3 is 3. The molecule has 4 heterocycles. The van der Waals surface area contributed by atoms with Gasteiger partial charge < -0.3 is 43.4 Å². The third kappa shape index (κ3) is 13.6. The molecule has 6 bridgehead atoms. The van der Waals surface area contributed by atoms with Crippen LogP contribution >= 0.6 is 18.4 Å². The van der Waals surface area contributed by atoms with E-state index >= 15 is 0 Å². The summed E-state index contributed by atoms with van der Waals surface area (Å²) >= 11 is 1.47. The quantitative estimate of drug-likeness (QED) is 0.112. The maximum Gasteiger partial charge on any atom is 0.329 e. The molecular weight excluding hydrogens is 898 g/mol. The van der Waals surface area contributed by atoms with Gasteiger partial charge in [0.05, 0.1) is 18.3 Å². The van der Waals surface area contributed by atoms with Crippen LogP contribution in [0.4, 0.5) is 0 Å². The van der Waals surface area contributed by atoms with Crippen molar-refractivity contribution in [2.75, 3.05) is 34.5 Å². The largest absolute Gasteiger partial charge is 0.460 e. The van der Waals surface area contributed by atoms with Gasteiger partial charge in [0.2, 0.25) is 5.79 Å². The number of hydrogen-bond donors (Lipinski definition) is 2. The summed E-state index contributed by atoms with van der Waals surface area (Å²) in [5.41, 5.74) is 1.28. The predicted molar refractivity (Wildman–Crippen MR) is 259 cm³/mol. The van der Waals surface area contributed by atoms with Crippen molar-refractivity contribution in [3.8, 4) is 0 Å². The second kappa shape index (κ2) is 24.9. The normalized spacial score (nSPS) is 42.2. The van der Waals surface area contributed by atoms with Gasteiger partial charge in [-0.1, -0.05) is 75.5 Å². The van der Waals surface area contributed by atoms with Gasteiger partial charge in [0, 0.05) is 69.6 Å². The van der Waals surface area contributed by atoms with Crippen molar-refractivity contribution in [3.63, 3.8) is 0 Å². The molecule has 0 aromatic carbocycles. The molecule has 1 aliphatic carbocycles. The minimum absolute atomic E-state index is 0.0213. The number of allylic oxidation sites excluding steroid dienone is 6. The van der Waals surface area contributed by atoms with E-state index in [0.717, 1.165) is 18.4 Å². The molecule has 14 nitrogen and oxygen atoms in total. The van der Waals surface area contributed by atoms with Crippen LogP contribution in [-0.2, 0) is 52.2 Å². The van der Waals surface area contributed by atoms with Gasteiger partial charge in [-0.25, -0.2) is 4.79 Å². The fraction of sp³-hybridized carbons (Fsp3) is 0.745. The first-order valence-electron chi connectivity index (χ1n) is 24.4. The molecule has 0 aromatic heterocycles. The molecule has 13 unspecified atom stereocenters. The highest BCUT2D eigenvalue weighted by atomic mass is 32.7. The number of nitrogens with zero attached hydrogens (tertiary/aromatic N) is 1. The minimum atomic E-state index is -2.44. The number of rotatable bonds is 7. The van der Waals surface area contributed by atoms with Crippen LogP contribution in [0, 0.1) is 41.4 Å². The number of carbonyl (C=O) groups is 5. The zero-order valence-electron chi connectivity index (χ0n) is 41.4. The van der Waals surface area contributed by atoms with Gasteiger partial charge >= 0.3 is 5.97 Å². The SMILES string of the molecule is COC1CC(C[C@@H]2C3CC(=O)C(C)/C=C(\C)C(O)[C@@H](OC)C(=O)C(C)CC(C)/C=C/C=C/C=C(\C)[C@@H](OC)C[C@@H]4CCC(C)C(O)(O4)C(=O)C(=O)N4CCCC2C4C(=O)O3)CCC1S[PH](C)=O. The molecule has 67 heavy (non-hydrogen) atoms. The van der Waals surface area contributed by atoms with E-state index < -0.39 is 90.7 Å². The Bertz CT molecular complexity index is 1920. The van der Waals surface area contributed by atoms with Gasteiger partial charge in [-0.15, -0.1) is 0 Å². The molecule has 3 saturated heterocycles. The van der Waals surface area contributed by atoms with Crippen LogP contribution in [0.2, 0.25) is 0 Å². The standard InChI is InChI=1S/C51H78NO13PS/c1-29-15-12-11-13-16-30(2)40(61-7)27-36-20-18-34(6)51(59,65-36)48(56)49(57)52-22-14-17-37-38(25-35-19-21-43(67-66(10)60)42(26-35)62-8)41(64-50(58)44(37)52)28-39(53)31(3)24-33(5)46(55)47(63-9)45(54)32(4)23-29/h11-13,15-16,24,29,31-32,34-38,40-44,46-47,55,59,66H,14,17-23,25-28H2,1-10H3/b13-11+,15-12+,30-16+,33-24+/t29?,31?,32?,34?,35?,36-,37?,38-,40-,41?,42?,43?,44?,46?,47-,51?/m0/s1. The first-order chi connectivity index (χ1) is 31.7. The summed E-state index contributed by atoms with van der Waals surface area (Å²) in [5, 5.41) is 23.6. The monoisotopic (exact) mass is 975 g/mol. The van der Waals surface area contributed by atoms with Gasteiger partial charge in [-0.05, 0) is 107 Å². The Morgan fingerprint density at radius 1 is 0.896 bits per heavy atom. The van der Waals surface area contributed by atoms with Gasteiger partial charge in [-0.2, -0.15) is 0 Å². The highest BCUT2D eigenvalue weighted by Gasteiger charge is 2.57. The molecule has 4 fully saturated rings. The molecule has 0 aromatic rings. The first-order valence-corrected chi connectivity index (χ1v) is 27.9. The van der Waals surface area contributed by atoms with Crippen LogP contribution in [0.3, 0.4) is 0 Å². The number of ketones is 3. The van der Waals surface area contributed by atoms with Gasteiger partial charge in [0.15, 0.2) is 5.78 Å². The zero-order valence-corrected chi connectivity index (χ0v) is 43.2. The van der Waals surface area contributed by atoms with Crippen molar-refractivity contribution in [2.24, 2.45) is 41.4 Å². The zero-order chi connectivity index (χ0) is 49.3. The van der Waals surface area contributed by atoms with Crippen LogP contribution in [0.15, 0.2) is 47.6 Å². The molecule has 0 radical (unpaired) electrons. The highest BCUT2D eigenvalue weighted by Crippen LogP contribution is 2.49. The molecule has 5 rings (SSSR count). The molecule has 17 atom stereocenters. The Hall–Kier alpha value is -2.75. The number of ether oxygens (including phenoxy) is 5. The molecule has 5 aliphatic rings. The molecule has 4 aliphatic heterocycles. The molecule has 1 amide bonds. The molecule has 0 spiro atoms. The Morgan fingerprint density at radius 3 is 2.30 bits per heavy atom. The van der Waals surface area contributed by atoms with Crippen molar-refractivity contribution in [1.29, 1.82) is 0 Å². The maximum atomic E-state index is 14.5. The average molecular weight is 976 g/mol. The summed E-state index contributed by atoms with van der Waals surface area (Å²) in [5.74, 6) is -8.34. The van der Waals surface area contributed by atoms with E-state index in [1.165, 1.54) is 23.4 Å². The van der Waals surface area contributed by atoms with Crippen molar-refractivity contribution < 1.29 is 62.4 Å². The Labute approximate surface area is 402 Å². The Kier molecular flexibility index (Phi) is 20.5. The topological polar surface area (TPSA) is 192 Å². The molecule has 376 valence electrons. The van der Waals surface area contributed by atoms with Crippen molar-refractivity contribution in [2.45, 2.75) is 166 Å². The number of aliphatic hydroxyl groups is 2. The summed E-state index contributed by atoms with van der Waals surface area (Å²) in [4.78, 5) is 72.5. The summed E-state index contributed by atoms with van der Waals surface area (Å²) in [7, 11) is 2.81. The Morgan fingerprint density at radius 2 is 1.63 bits per heavy atom. The van der Waals surface area contributed by atoms with Gasteiger partial charge in [-0.3, -0.25) is 19.2 Å². The van der Waals surface area contributed by atoms with Crippen molar-refractivity contribution in [3.05, 3.63) is 47.6 Å².